The molecule has 0 aliphatic heterocycles. The van der Waals surface area contributed by atoms with Gasteiger partial charge in [-0.25, -0.2) is 0 Å². The van der Waals surface area contributed by atoms with Crippen LogP contribution in [-0.4, -0.2) is 28.3 Å². The van der Waals surface area contributed by atoms with Gasteiger partial charge in [0.2, 0.25) is 0 Å². The molecule has 0 aromatic carbocycles. The van der Waals surface area contributed by atoms with Crippen molar-refractivity contribution in [1.82, 2.24) is 4.98 Å². The molecule has 1 rings (SSSR count). The van der Waals surface area contributed by atoms with Crippen LogP contribution in [-0.2, 0) is 4.79 Å². The Balaban J connectivity index is 2.71. The lowest BCUT2D eigenvalue weighted by Gasteiger charge is -2.07. The van der Waals surface area contributed by atoms with Gasteiger partial charge in [-0.2, -0.15) is 0 Å². The summed E-state index contributed by atoms with van der Waals surface area (Å²) >= 11 is 0. The molecule has 5 heteroatoms. The fourth-order valence-corrected chi connectivity index (χ4v) is 0.980. The number of ether oxygens (including phenoxy) is 1. The monoisotopic (exact) mass is 197 g/mol. The van der Waals surface area contributed by atoms with E-state index in [-0.39, 0.29) is 6.42 Å². The highest BCUT2D eigenvalue weighted by atomic mass is 16.5. The minimum atomic E-state index is -1.07. The van der Waals surface area contributed by atoms with Gasteiger partial charge < -0.3 is 14.9 Å². The number of aliphatic hydroxyl groups excluding tert-OH is 1. The predicted octanol–water partition coefficient (Wildman–Crippen LogP) is 0.598. The Labute approximate surface area is 81.0 Å². The van der Waals surface area contributed by atoms with Gasteiger partial charge in [0.1, 0.15) is 11.9 Å². The Kier molecular flexibility index (Phi) is 3.41. The number of hydrogen-bond donors (Lipinski definition) is 2. The highest BCUT2D eigenvalue weighted by molar-refractivity contribution is 5.67. The van der Waals surface area contributed by atoms with Crippen molar-refractivity contribution in [2.45, 2.75) is 12.5 Å². The van der Waals surface area contributed by atoms with E-state index in [1.165, 1.54) is 19.4 Å². The van der Waals surface area contributed by atoms with Crippen molar-refractivity contribution in [1.29, 1.82) is 0 Å². The number of hydrogen-bond acceptors (Lipinski definition) is 4. The molecule has 0 radical (unpaired) electrons. The molecule has 2 N–H and O–H groups in total. The van der Waals surface area contributed by atoms with Gasteiger partial charge in [-0.3, -0.25) is 9.78 Å². The van der Waals surface area contributed by atoms with E-state index >= 15 is 0 Å². The number of pyridine rings is 1. The topological polar surface area (TPSA) is 79.7 Å². The van der Waals surface area contributed by atoms with Gasteiger partial charge in [0, 0.05) is 0 Å². The minimum absolute atomic E-state index is 0.327. The van der Waals surface area contributed by atoms with E-state index in [4.69, 9.17) is 9.84 Å². The summed E-state index contributed by atoms with van der Waals surface area (Å²) in [5, 5.41) is 17.8. The number of carbonyl (C=O) groups is 1. The van der Waals surface area contributed by atoms with E-state index in [1.807, 2.05) is 0 Å². The second kappa shape index (κ2) is 4.57. The largest absolute Gasteiger partial charge is 0.495 e. The van der Waals surface area contributed by atoms with Crippen molar-refractivity contribution >= 4 is 5.97 Å². The van der Waals surface area contributed by atoms with Crippen LogP contribution in [0.2, 0.25) is 0 Å². The smallest absolute Gasteiger partial charge is 0.306 e. The van der Waals surface area contributed by atoms with E-state index in [0.717, 1.165) is 0 Å². The number of rotatable bonds is 4. The van der Waals surface area contributed by atoms with Crippen molar-refractivity contribution in [3.8, 4) is 5.75 Å². The normalized spacial score (nSPS) is 12.1. The molecule has 0 amide bonds. The van der Waals surface area contributed by atoms with Crippen LogP contribution in [0.1, 0.15) is 18.2 Å². The number of carboxylic acid groups (broad SMARTS) is 1. The standard InChI is InChI=1S/C9H11NO4/c1-14-6-2-3-7(10-5-6)8(11)4-9(12)13/h2-3,5,8,11H,4H2,1H3,(H,12,13)/t8-/m0/s1. The molecule has 0 aliphatic rings. The molecule has 0 spiro atoms. The Morgan fingerprint density at radius 1 is 1.64 bits per heavy atom. The van der Waals surface area contributed by atoms with Gasteiger partial charge in [0.15, 0.2) is 0 Å². The number of nitrogens with zero attached hydrogens (tertiary/aromatic N) is 1. The average molecular weight is 197 g/mol. The van der Waals surface area contributed by atoms with Crippen molar-refractivity contribution in [2.75, 3.05) is 7.11 Å². The first-order valence-corrected chi connectivity index (χ1v) is 4.03. The third-order valence-corrected chi connectivity index (χ3v) is 1.70. The summed E-state index contributed by atoms with van der Waals surface area (Å²) in [6, 6.07) is 3.15. The maximum Gasteiger partial charge on any atom is 0.306 e. The molecule has 1 atom stereocenters. The van der Waals surface area contributed by atoms with E-state index in [1.54, 1.807) is 6.07 Å². The fraction of sp³-hybridized carbons (Fsp3) is 0.333. The molecule has 0 unspecified atom stereocenters. The molecule has 1 aromatic rings. The number of aliphatic carboxylic acids is 1. The first-order valence-electron chi connectivity index (χ1n) is 4.03. The number of carboxylic acids is 1. The number of aliphatic hydroxyl groups is 1. The lowest BCUT2D eigenvalue weighted by molar-refractivity contribution is -0.139. The lowest BCUT2D eigenvalue weighted by Crippen LogP contribution is -2.06. The highest BCUT2D eigenvalue weighted by Crippen LogP contribution is 2.16. The second-order valence-electron chi connectivity index (χ2n) is 2.74. The van der Waals surface area contributed by atoms with Crippen LogP contribution in [0, 0.1) is 0 Å². The minimum Gasteiger partial charge on any atom is -0.495 e. The van der Waals surface area contributed by atoms with Crippen LogP contribution >= 0.6 is 0 Å². The lowest BCUT2D eigenvalue weighted by atomic mass is 10.2. The van der Waals surface area contributed by atoms with Gasteiger partial charge in [0.25, 0.3) is 0 Å². The molecule has 0 fully saturated rings. The van der Waals surface area contributed by atoms with E-state index in [2.05, 4.69) is 4.98 Å². The zero-order valence-corrected chi connectivity index (χ0v) is 7.67. The molecule has 0 bridgehead atoms. The Morgan fingerprint density at radius 3 is 2.79 bits per heavy atom. The van der Waals surface area contributed by atoms with Crippen LogP contribution in [0.5, 0.6) is 5.75 Å². The summed E-state index contributed by atoms with van der Waals surface area (Å²) < 4.78 is 4.87. The van der Waals surface area contributed by atoms with Crippen LogP contribution in [0.15, 0.2) is 18.3 Å². The van der Waals surface area contributed by atoms with Crippen molar-refractivity contribution < 1.29 is 19.7 Å². The molecule has 14 heavy (non-hydrogen) atoms. The van der Waals surface area contributed by atoms with Crippen LogP contribution in [0.4, 0.5) is 0 Å². The second-order valence-corrected chi connectivity index (χ2v) is 2.74. The van der Waals surface area contributed by atoms with Gasteiger partial charge >= 0.3 is 5.97 Å². The van der Waals surface area contributed by atoms with E-state index in [9.17, 15) is 9.90 Å². The first-order chi connectivity index (χ1) is 6.63. The molecule has 0 saturated carbocycles. The third kappa shape index (κ3) is 2.70. The molecule has 0 saturated heterocycles. The molecule has 5 nitrogen and oxygen atoms in total. The summed E-state index contributed by atoms with van der Waals surface area (Å²) in [4.78, 5) is 14.2. The summed E-state index contributed by atoms with van der Waals surface area (Å²) in [6.45, 7) is 0. The zero-order chi connectivity index (χ0) is 10.6. The van der Waals surface area contributed by atoms with Gasteiger partial charge in [-0.1, -0.05) is 0 Å². The Bertz CT molecular complexity index is 309. The summed E-state index contributed by atoms with van der Waals surface area (Å²) in [6.07, 6.45) is 0.0121. The Hall–Kier alpha value is -1.62. The van der Waals surface area contributed by atoms with Gasteiger partial charge in [0.05, 0.1) is 25.4 Å². The van der Waals surface area contributed by atoms with Crippen molar-refractivity contribution in [3.05, 3.63) is 24.0 Å². The van der Waals surface area contributed by atoms with Crippen LogP contribution < -0.4 is 4.74 Å². The molecular weight excluding hydrogens is 186 g/mol. The Morgan fingerprint density at radius 2 is 2.36 bits per heavy atom. The van der Waals surface area contributed by atoms with Crippen LogP contribution in [0.3, 0.4) is 0 Å². The fourth-order valence-electron chi connectivity index (χ4n) is 0.980. The molecule has 1 aromatic heterocycles. The van der Waals surface area contributed by atoms with E-state index in [0.29, 0.717) is 11.4 Å². The molecule has 76 valence electrons. The summed E-state index contributed by atoms with van der Waals surface area (Å²) in [5.74, 6) is -0.494. The van der Waals surface area contributed by atoms with Gasteiger partial charge in [-0.15, -0.1) is 0 Å². The van der Waals surface area contributed by atoms with Gasteiger partial charge in [-0.05, 0) is 12.1 Å². The summed E-state index contributed by atoms with van der Waals surface area (Å²) in [7, 11) is 1.50. The van der Waals surface area contributed by atoms with Crippen molar-refractivity contribution in [2.24, 2.45) is 0 Å². The molecule has 1 heterocycles. The first kappa shape index (κ1) is 10.5. The molecule has 0 aliphatic carbocycles. The van der Waals surface area contributed by atoms with E-state index < -0.39 is 12.1 Å². The van der Waals surface area contributed by atoms with Crippen molar-refractivity contribution in [3.63, 3.8) is 0 Å². The quantitative estimate of drug-likeness (QED) is 0.738. The number of aromatic nitrogens is 1. The average Bonchev–Trinajstić information content (AvgIpc) is 2.17. The summed E-state index contributed by atoms with van der Waals surface area (Å²) in [5.41, 5.74) is 0.327. The highest BCUT2D eigenvalue weighted by Gasteiger charge is 2.12. The maximum absolute atomic E-state index is 10.3. The third-order valence-electron chi connectivity index (χ3n) is 1.70. The molecular formula is C9H11NO4. The predicted molar refractivity (Wildman–Crippen MR) is 48.0 cm³/mol. The SMILES string of the molecule is COc1ccc([C@@H](O)CC(=O)O)nc1. The maximum atomic E-state index is 10.3. The van der Waals surface area contributed by atoms with Crippen LogP contribution in [0.25, 0.3) is 0 Å². The zero-order valence-electron chi connectivity index (χ0n) is 7.67. The number of methoxy groups -OCH3 is 1.